The van der Waals surface area contributed by atoms with Crippen molar-refractivity contribution in [2.24, 2.45) is 5.41 Å². The van der Waals surface area contributed by atoms with Crippen LogP contribution in [0.4, 0.5) is 16.2 Å². The average molecular weight is 401 g/mol. The third-order valence-corrected chi connectivity index (χ3v) is 6.45. The first kappa shape index (κ1) is 19.3. The van der Waals surface area contributed by atoms with Crippen molar-refractivity contribution in [2.45, 2.75) is 18.9 Å². The smallest absolute Gasteiger partial charge is 0.332 e. The lowest BCUT2D eigenvalue weighted by molar-refractivity contribution is -0.384. The highest BCUT2D eigenvalue weighted by atomic mass is 16.6. The number of rotatable bonds is 1. The predicted molar refractivity (Wildman–Crippen MR) is 103 cm³/mol. The number of anilines is 1. The summed E-state index contributed by atoms with van der Waals surface area (Å²) in [5, 5.41) is 11.3. The minimum Gasteiger partial charge on any atom is -0.365 e. The number of non-ortho nitro benzene ring substituents is 1. The number of amides is 4. The van der Waals surface area contributed by atoms with Crippen LogP contribution in [-0.2, 0) is 16.0 Å². The number of nitro groups is 1. The molecule has 0 saturated carbocycles. The fourth-order valence-corrected chi connectivity index (χ4v) is 4.90. The molecule has 2 fully saturated rings. The number of hydrogen-bond donors (Lipinski definition) is 0. The van der Waals surface area contributed by atoms with Crippen LogP contribution in [0.1, 0.15) is 12.0 Å². The van der Waals surface area contributed by atoms with E-state index in [1.165, 1.54) is 26.2 Å². The number of nitrogens with zero attached hydrogens (tertiary/aromatic N) is 5. The second kappa shape index (κ2) is 6.51. The van der Waals surface area contributed by atoms with Gasteiger partial charge in [0.25, 0.3) is 5.69 Å². The number of imide groups is 2. The first-order valence-electron chi connectivity index (χ1n) is 9.51. The number of carbonyl (C=O) groups is 3. The summed E-state index contributed by atoms with van der Waals surface area (Å²) in [6.45, 7) is 2.01. The van der Waals surface area contributed by atoms with E-state index in [4.69, 9.17) is 0 Å². The number of likely N-dealkylation sites (N-methyl/N-ethyl adjacent to an activating group) is 1. The van der Waals surface area contributed by atoms with Crippen molar-refractivity contribution in [1.82, 2.24) is 14.7 Å². The fourth-order valence-electron chi connectivity index (χ4n) is 4.90. The van der Waals surface area contributed by atoms with Crippen LogP contribution in [-0.4, -0.2) is 84.3 Å². The second-order valence-corrected chi connectivity index (χ2v) is 8.03. The van der Waals surface area contributed by atoms with Gasteiger partial charge in [-0.15, -0.1) is 0 Å². The van der Waals surface area contributed by atoms with Gasteiger partial charge in [0.1, 0.15) is 0 Å². The van der Waals surface area contributed by atoms with Crippen molar-refractivity contribution < 1.29 is 19.3 Å². The van der Waals surface area contributed by atoms with Crippen LogP contribution >= 0.6 is 0 Å². The Balaban J connectivity index is 1.93. The average Bonchev–Trinajstić information content (AvgIpc) is 2.91. The summed E-state index contributed by atoms with van der Waals surface area (Å²) in [6, 6.07) is 3.51. The quantitative estimate of drug-likeness (QED) is 0.387. The van der Waals surface area contributed by atoms with Gasteiger partial charge in [0, 0.05) is 51.4 Å². The fraction of sp³-hybridized carbons (Fsp3) is 0.526. The van der Waals surface area contributed by atoms with Gasteiger partial charge in [-0.2, -0.15) is 0 Å². The normalized spacial score (nSPS) is 24.4. The molecule has 1 aromatic rings. The molecule has 0 unspecified atom stereocenters. The van der Waals surface area contributed by atoms with Crippen LogP contribution in [0.15, 0.2) is 18.2 Å². The molecular weight excluding hydrogens is 378 g/mol. The van der Waals surface area contributed by atoms with Gasteiger partial charge in [-0.1, -0.05) is 0 Å². The van der Waals surface area contributed by atoms with Crippen molar-refractivity contribution in [3.63, 3.8) is 0 Å². The van der Waals surface area contributed by atoms with Crippen LogP contribution in [0.5, 0.6) is 0 Å². The molecule has 4 rings (SSSR count). The zero-order chi connectivity index (χ0) is 21.1. The minimum absolute atomic E-state index is 0.0362. The minimum atomic E-state index is -1.48. The van der Waals surface area contributed by atoms with E-state index in [0.29, 0.717) is 25.1 Å². The van der Waals surface area contributed by atoms with Crippen molar-refractivity contribution in [1.29, 1.82) is 0 Å². The van der Waals surface area contributed by atoms with Crippen molar-refractivity contribution in [3.8, 4) is 0 Å². The van der Waals surface area contributed by atoms with Gasteiger partial charge >= 0.3 is 6.03 Å². The van der Waals surface area contributed by atoms with Crippen LogP contribution in [0, 0.1) is 15.5 Å². The number of benzene rings is 1. The molecule has 0 bridgehead atoms. The van der Waals surface area contributed by atoms with Gasteiger partial charge in [0.15, 0.2) is 5.41 Å². The molecule has 3 aliphatic heterocycles. The van der Waals surface area contributed by atoms with Crippen molar-refractivity contribution >= 4 is 29.2 Å². The largest absolute Gasteiger partial charge is 0.365 e. The Hall–Kier alpha value is -3.01. The molecule has 0 aromatic heterocycles. The molecule has 29 heavy (non-hydrogen) atoms. The number of hydrogen-bond acceptors (Lipinski definition) is 7. The van der Waals surface area contributed by atoms with E-state index in [9.17, 15) is 24.5 Å². The molecular formula is C19H23N5O5. The third-order valence-electron chi connectivity index (χ3n) is 6.45. The molecule has 2 saturated heterocycles. The Bertz CT molecular complexity index is 908. The monoisotopic (exact) mass is 401 g/mol. The Morgan fingerprint density at radius 1 is 1.03 bits per heavy atom. The Morgan fingerprint density at radius 2 is 1.69 bits per heavy atom. The molecule has 3 aliphatic rings. The van der Waals surface area contributed by atoms with Crippen molar-refractivity contribution in [2.75, 3.05) is 45.7 Å². The number of barbiturate groups is 1. The van der Waals surface area contributed by atoms with E-state index in [-0.39, 0.29) is 12.1 Å². The second-order valence-electron chi connectivity index (χ2n) is 8.03. The highest BCUT2D eigenvalue weighted by Crippen LogP contribution is 2.47. The molecule has 1 aromatic carbocycles. The maximum Gasteiger partial charge on any atom is 0.332 e. The highest BCUT2D eigenvalue weighted by Gasteiger charge is 2.63. The predicted octanol–water partition coefficient (Wildman–Crippen LogP) is 0.698. The molecule has 3 heterocycles. The lowest BCUT2D eigenvalue weighted by atomic mass is 9.67. The molecule has 1 atom stereocenters. The summed E-state index contributed by atoms with van der Waals surface area (Å²) < 4.78 is 0. The zero-order valence-electron chi connectivity index (χ0n) is 16.6. The van der Waals surface area contributed by atoms with Crippen LogP contribution in [0.2, 0.25) is 0 Å². The first-order valence-corrected chi connectivity index (χ1v) is 9.51. The summed E-state index contributed by atoms with van der Waals surface area (Å²) in [4.78, 5) is 56.2. The van der Waals surface area contributed by atoms with E-state index < -0.39 is 34.2 Å². The Morgan fingerprint density at radius 3 is 2.31 bits per heavy atom. The maximum absolute atomic E-state index is 13.4. The molecule has 1 spiro atoms. The topological polar surface area (TPSA) is 107 Å². The molecule has 10 heteroatoms. The zero-order valence-corrected chi connectivity index (χ0v) is 16.6. The van der Waals surface area contributed by atoms with E-state index in [1.807, 2.05) is 11.9 Å². The van der Waals surface area contributed by atoms with E-state index in [1.54, 1.807) is 6.07 Å². The van der Waals surface area contributed by atoms with E-state index in [2.05, 4.69) is 4.90 Å². The van der Waals surface area contributed by atoms with Gasteiger partial charge in [-0.3, -0.25) is 29.5 Å². The van der Waals surface area contributed by atoms with Gasteiger partial charge in [0.05, 0.1) is 11.0 Å². The highest BCUT2D eigenvalue weighted by molar-refractivity contribution is 6.20. The van der Waals surface area contributed by atoms with Gasteiger partial charge in [-0.05, 0) is 31.6 Å². The van der Waals surface area contributed by atoms with Crippen LogP contribution < -0.4 is 4.90 Å². The standard InChI is InChI=1S/C19H23N5O5/c1-20-7-6-15-19(16(25)21(2)18(27)22(3)17(19)26)11-12-10-13(24(28)29)4-5-14(12)23(15)9-8-20/h4-5,10,15H,6-9,11H2,1-3H3/t15-/m0/s1. The SMILES string of the molecule is CN1CC[C@@H]2N(CC1)c1ccc([N+](=O)[O-])cc1CC21C(=O)N(C)C(=O)N(C)C1=O. The Kier molecular flexibility index (Phi) is 4.34. The number of carbonyl (C=O) groups excluding carboxylic acids is 3. The number of fused-ring (bicyclic) bond motifs is 4. The summed E-state index contributed by atoms with van der Waals surface area (Å²) >= 11 is 0. The van der Waals surface area contributed by atoms with Crippen LogP contribution in [0.3, 0.4) is 0 Å². The first-order chi connectivity index (χ1) is 13.7. The summed E-state index contributed by atoms with van der Waals surface area (Å²) in [5.41, 5.74) is -0.176. The van der Waals surface area contributed by atoms with Crippen LogP contribution in [0.25, 0.3) is 0 Å². The van der Waals surface area contributed by atoms with Gasteiger partial charge in [-0.25, -0.2) is 4.79 Å². The van der Waals surface area contributed by atoms with Crippen molar-refractivity contribution in [3.05, 3.63) is 33.9 Å². The molecule has 0 radical (unpaired) electrons. The number of urea groups is 1. The molecule has 0 N–H and O–H groups in total. The number of nitro benzene ring substituents is 1. The van der Waals surface area contributed by atoms with Gasteiger partial charge < -0.3 is 9.80 Å². The van der Waals surface area contributed by atoms with Gasteiger partial charge in [0.2, 0.25) is 11.8 Å². The summed E-state index contributed by atoms with van der Waals surface area (Å²) in [6.07, 6.45) is 0.606. The lowest BCUT2D eigenvalue weighted by Crippen LogP contribution is -2.71. The summed E-state index contributed by atoms with van der Waals surface area (Å²) in [7, 11) is 4.74. The molecule has 154 valence electrons. The van der Waals surface area contributed by atoms with E-state index >= 15 is 0 Å². The molecule has 10 nitrogen and oxygen atoms in total. The lowest BCUT2D eigenvalue weighted by Gasteiger charge is -2.52. The van der Waals surface area contributed by atoms with E-state index in [0.717, 1.165) is 22.0 Å². The maximum atomic E-state index is 13.4. The Labute approximate surface area is 167 Å². The summed E-state index contributed by atoms with van der Waals surface area (Å²) in [5.74, 6) is -1.08. The third kappa shape index (κ3) is 2.62. The molecule has 0 aliphatic carbocycles. The molecule has 4 amide bonds.